The summed E-state index contributed by atoms with van der Waals surface area (Å²) in [5, 5.41) is 9.48. The molecule has 3 rings (SSSR count). The average Bonchev–Trinajstić information content (AvgIpc) is 2.45. The standard InChI is InChI=1S/C19H20O2/c20-19(21)18(17-5-2-1-3-6-17)13-14-9-11-16(12-10-14)15-7-4-8-15/h1-3,5-6,9-12,15,18H,4,7-8,13H2,(H,20,21). The summed E-state index contributed by atoms with van der Waals surface area (Å²) in [5.74, 6) is -0.506. The third-order valence-corrected chi connectivity index (χ3v) is 4.50. The van der Waals surface area contributed by atoms with Crippen molar-refractivity contribution < 1.29 is 9.90 Å². The maximum atomic E-state index is 11.5. The van der Waals surface area contributed by atoms with Gasteiger partial charge in [-0.3, -0.25) is 4.79 Å². The summed E-state index contributed by atoms with van der Waals surface area (Å²) >= 11 is 0. The molecule has 0 bridgehead atoms. The lowest BCUT2D eigenvalue weighted by Gasteiger charge is -2.26. The van der Waals surface area contributed by atoms with Crippen molar-refractivity contribution in [2.24, 2.45) is 0 Å². The summed E-state index contributed by atoms with van der Waals surface area (Å²) in [6.07, 6.45) is 4.47. The molecule has 1 saturated carbocycles. The Hall–Kier alpha value is -2.09. The number of carbonyl (C=O) groups is 1. The van der Waals surface area contributed by atoms with Crippen molar-refractivity contribution in [3.63, 3.8) is 0 Å². The highest BCUT2D eigenvalue weighted by Gasteiger charge is 2.21. The van der Waals surface area contributed by atoms with Gasteiger partial charge in [-0.15, -0.1) is 0 Å². The second kappa shape index (κ2) is 6.13. The quantitative estimate of drug-likeness (QED) is 0.883. The SMILES string of the molecule is O=C(O)C(Cc1ccc(C2CCC2)cc1)c1ccccc1. The third-order valence-electron chi connectivity index (χ3n) is 4.50. The number of benzene rings is 2. The predicted octanol–water partition coefficient (Wildman–Crippen LogP) is 4.37. The molecule has 0 saturated heterocycles. The zero-order valence-electron chi connectivity index (χ0n) is 12.0. The molecule has 108 valence electrons. The molecule has 0 spiro atoms. The molecule has 1 aliphatic carbocycles. The van der Waals surface area contributed by atoms with Crippen LogP contribution in [0, 0.1) is 0 Å². The molecule has 1 atom stereocenters. The molecule has 1 N–H and O–H groups in total. The fraction of sp³-hybridized carbons (Fsp3) is 0.316. The molecular formula is C19H20O2. The first-order valence-corrected chi connectivity index (χ1v) is 7.60. The van der Waals surface area contributed by atoms with Gasteiger partial charge in [0.2, 0.25) is 0 Å². The van der Waals surface area contributed by atoms with Crippen LogP contribution < -0.4 is 0 Å². The van der Waals surface area contributed by atoms with Gasteiger partial charge in [-0.2, -0.15) is 0 Å². The van der Waals surface area contributed by atoms with Crippen LogP contribution in [0.25, 0.3) is 0 Å². The number of carboxylic acids is 1. The number of hydrogen-bond donors (Lipinski definition) is 1. The van der Waals surface area contributed by atoms with Gasteiger partial charge < -0.3 is 5.11 Å². The maximum Gasteiger partial charge on any atom is 0.311 e. The van der Waals surface area contributed by atoms with Crippen molar-refractivity contribution in [1.82, 2.24) is 0 Å². The van der Waals surface area contributed by atoms with Gasteiger partial charge in [-0.05, 0) is 41.9 Å². The van der Waals surface area contributed by atoms with E-state index in [1.54, 1.807) is 0 Å². The van der Waals surface area contributed by atoms with Crippen molar-refractivity contribution >= 4 is 5.97 Å². The minimum absolute atomic E-state index is 0.472. The van der Waals surface area contributed by atoms with Crippen LogP contribution in [0.3, 0.4) is 0 Å². The van der Waals surface area contributed by atoms with E-state index in [0.29, 0.717) is 6.42 Å². The molecule has 2 nitrogen and oxygen atoms in total. The molecular weight excluding hydrogens is 260 g/mol. The van der Waals surface area contributed by atoms with Crippen LogP contribution in [0.2, 0.25) is 0 Å². The summed E-state index contributed by atoms with van der Waals surface area (Å²) in [5.41, 5.74) is 3.36. The topological polar surface area (TPSA) is 37.3 Å². The second-order valence-corrected chi connectivity index (χ2v) is 5.88. The lowest BCUT2D eigenvalue weighted by Crippen LogP contribution is -2.14. The van der Waals surface area contributed by atoms with Crippen molar-refractivity contribution in [3.05, 3.63) is 71.3 Å². The van der Waals surface area contributed by atoms with E-state index in [-0.39, 0.29) is 0 Å². The van der Waals surface area contributed by atoms with Crippen molar-refractivity contribution in [2.75, 3.05) is 0 Å². The molecule has 0 amide bonds. The molecule has 2 heteroatoms. The van der Waals surface area contributed by atoms with E-state index in [4.69, 9.17) is 0 Å². The summed E-state index contributed by atoms with van der Waals surface area (Å²) in [6.45, 7) is 0. The first kappa shape index (κ1) is 13.9. The number of hydrogen-bond acceptors (Lipinski definition) is 1. The normalized spacial score (nSPS) is 16.2. The Morgan fingerprint density at radius 2 is 1.71 bits per heavy atom. The summed E-state index contributed by atoms with van der Waals surface area (Å²) in [7, 11) is 0. The molecule has 21 heavy (non-hydrogen) atoms. The summed E-state index contributed by atoms with van der Waals surface area (Å²) in [6, 6.07) is 18.0. The molecule has 1 aliphatic rings. The monoisotopic (exact) mass is 280 g/mol. The van der Waals surface area contributed by atoms with E-state index < -0.39 is 11.9 Å². The van der Waals surface area contributed by atoms with E-state index in [1.807, 2.05) is 30.3 Å². The van der Waals surface area contributed by atoms with Crippen molar-refractivity contribution in [1.29, 1.82) is 0 Å². The third kappa shape index (κ3) is 3.15. The van der Waals surface area contributed by atoms with Crippen LogP contribution in [0.1, 0.15) is 47.8 Å². The van der Waals surface area contributed by atoms with E-state index in [9.17, 15) is 9.90 Å². The Labute approximate surface area is 125 Å². The number of rotatable bonds is 5. The molecule has 2 aromatic rings. The Balaban J connectivity index is 1.75. The highest BCUT2D eigenvalue weighted by molar-refractivity contribution is 5.76. The number of carboxylic acid groups (broad SMARTS) is 1. The molecule has 1 fully saturated rings. The van der Waals surface area contributed by atoms with E-state index >= 15 is 0 Å². The average molecular weight is 280 g/mol. The van der Waals surface area contributed by atoms with Crippen molar-refractivity contribution in [3.8, 4) is 0 Å². The van der Waals surface area contributed by atoms with Gasteiger partial charge >= 0.3 is 5.97 Å². The zero-order valence-corrected chi connectivity index (χ0v) is 12.0. The Kier molecular flexibility index (Phi) is 4.05. The smallest absolute Gasteiger partial charge is 0.311 e. The van der Waals surface area contributed by atoms with Crippen LogP contribution in [0.4, 0.5) is 0 Å². The molecule has 0 aliphatic heterocycles. The number of aliphatic carboxylic acids is 1. The Bertz CT molecular complexity index is 597. The van der Waals surface area contributed by atoms with Gasteiger partial charge in [-0.25, -0.2) is 0 Å². The van der Waals surface area contributed by atoms with Gasteiger partial charge in [-0.1, -0.05) is 61.0 Å². The summed E-state index contributed by atoms with van der Waals surface area (Å²) in [4.78, 5) is 11.5. The molecule has 2 aromatic carbocycles. The Morgan fingerprint density at radius 1 is 1.05 bits per heavy atom. The summed E-state index contributed by atoms with van der Waals surface area (Å²) < 4.78 is 0. The highest BCUT2D eigenvalue weighted by atomic mass is 16.4. The highest BCUT2D eigenvalue weighted by Crippen LogP contribution is 2.36. The molecule has 0 aromatic heterocycles. The van der Waals surface area contributed by atoms with Gasteiger partial charge in [0.1, 0.15) is 0 Å². The van der Waals surface area contributed by atoms with E-state index in [1.165, 1.54) is 24.8 Å². The molecule has 1 unspecified atom stereocenters. The first-order valence-electron chi connectivity index (χ1n) is 7.60. The second-order valence-electron chi connectivity index (χ2n) is 5.88. The minimum atomic E-state index is -0.760. The van der Waals surface area contributed by atoms with Gasteiger partial charge in [0, 0.05) is 0 Å². The van der Waals surface area contributed by atoms with E-state index in [0.717, 1.165) is 17.0 Å². The largest absolute Gasteiger partial charge is 0.481 e. The van der Waals surface area contributed by atoms with Crippen LogP contribution in [0.5, 0.6) is 0 Å². The fourth-order valence-electron chi connectivity index (χ4n) is 2.94. The van der Waals surface area contributed by atoms with Crippen LogP contribution in [-0.2, 0) is 11.2 Å². The maximum absolute atomic E-state index is 11.5. The lowest BCUT2D eigenvalue weighted by atomic mass is 9.79. The lowest BCUT2D eigenvalue weighted by molar-refractivity contribution is -0.138. The molecule has 0 radical (unpaired) electrons. The zero-order chi connectivity index (χ0) is 14.7. The van der Waals surface area contributed by atoms with Crippen molar-refractivity contribution in [2.45, 2.75) is 37.5 Å². The predicted molar refractivity (Wildman–Crippen MR) is 83.6 cm³/mol. The Morgan fingerprint density at radius 3 is 2.24 bits per heavy atom. The van der Waals surface area contributed by atoms with Gasteiger partial charge in [0.05, 0.1) is 5.92 Å². The van der Waals surface area contributed by atoms with Gasteiger partial charge in [0.25, 0.3) is 0 Å². The van der Waals surface area contributed by atoms with Gasteiger partial charge in [0.15, 0.2) is 0 Å². The van der Waals surface area contributed by atoms with Crippen LogP contribution in [-0.4, -0.2) is 11.1 Å². The first-order chi connectivity index (χ1) is 10.2. The minimum Gasteiger partial charge on any atom is -0.481 e. The molecule has 0 heterocycles. The van der Waals surface area contributed by atoms with Crippen LogP contribution >= 0.6 is 0 Å². The van der Waals surface area contributed by atoms with E-state index in [2.05, 4.69) is 24.3 Å². The fourth-order valence-corrected chi connectivity index (χ4v) is 2.94. The van der Waals surface area contributed by atoms with Crippen LogP contribution in [0.15, 0.2) is 54.6 Å².